The van der Waals surface area contributed by atoms with Gasteiger partial charge in [0.2, 0.25) is 23.4 Å². The first kappa shape index (κ1) is 39.7. The number of alkyl halides is 6. The van der Waals surface area contributed by atoms with E-state index in [2.05, 4.69) is 49.8 Å². The highest BCUT2D eigenvalue weighted by molar-refractivity contribution is 5.60. The SMILES string of the molecule is CCOC(F)(F)c1nnc2cnc(-c3ccc(O[C@@H](C)C(C)F)nc3)cn12.CCOC(F)(F)c1nnc2cnc(-c3ccc(O[C@H](C)C(C)F)nc3)cn12. The van der Waals surface area contributed by atoms with Gasteiger partial charge >= 0.3 is 12.2 Å². The van der Waals surface area contributed by atoms with Crippen molar-refractivity contribution in [2.24, 2.45) is 0 Å². The Labute approximate surface area is 304 Å². The number of ether oxygens (including phenoxy) is 4. The molecule has 4 atom stereocenters. The summed E-state index contributed by atoms with van der Waals surface area (Å²) in [5.74, 6) is -0.766. The second-order valence-corrected chi connectivity index (χ2v) is 11.7. The van der Waals surface area contributed by atoms with Crippen LogP contribution >= 0.6 is 0 Å². The number of hydrogen-bond donors (Lipinski definition) is 0. The number of fused-ring (bicyclic) bond motifs is 2. The van der Waals surface area contributed by atoms with E-state index in [9.17, 15) is 26.3 Å². The summed E-state index contributed by atoms with van der Waals surface area (Å²) in [6.07, 6.45) is -2.41. The van der Waals surface area contributed by atoms with Crippen molar-refractivity contribution < 1.29 is 45.3 Å². The molecule has 0 fully saturated rings. The minimum absolute atomic E-state index is 0.159. The lowest BCUT2D eigenvalue weighted by atomic mass is 10.2. The van der Waals surface area contributed by atoms with E-state index in [1.165, 1.54) is 64.9 Å². The molecule has 0 aliphatic heterocycles. The minimum Gasteiger partial charge on any atom is -0.472 e. The Morgan fingerprint density at radius 3 is 1.28 bits per heavy atom. The molecule has 0 aliphatic carbocycles. The zero-order chi connectivity index (χ0) is 39.2. The van der Waals surface area contributed by atoms with E-state index in [4.69, 9.17) is 9.47 Å². The highest BCUT2D eigenvalue weighted by Gasteiger charge is 2.39. The second kappa shape index (κ2) is 16.7. The van der Waals surface area contributed by atoms with Gasteiger partial charge in [0.05, 0.1) is 37.0 Å². The number of halogens is 6. The molecule has 14 nitrogen and oxygen atoms in total. The smallest absolute Gasteiger partial charge is 0.418 e. The molecule has 6 heterocycles. The Bertz CT molecular complexity index is 1980. The Balaban J connectivity index is 0.000000208. The van der Waals surface area contributed by atoms with Gasteiger partial charge in [-0.1, -0.05) is 0 Å². The molecule has 0 radical (unpaired) electrons. The number of nitrogens with zero attached hydrogens (tertiary/aromatic N) is 10. The maximum Gasteiger partial charge on any atom is 0.418 e. The Morgan fingerprint density at radius 1 is 0.574 bits per heavy atom. The standard InChI is InChI=1S/2C17H18F3N5O2/c2*1-4-26-17(19,20)16-24-23-14-8-21-13(9-25(14)16)12-5-6-15(22-7-12)27-11(3)10(2)18/h2*5-11H,4H2,1-3H3/t2*10?,11-/m10/s1. The van der Waals surface area contributed by atoms with Crippen molar-refractivity contribution in [3.8, 4) is 34.3 Å². The van der Waals surface area contributed by atoms with Gasteiger partial charge < -0.3 is 18.9 Å². The van der Waals surface area contributed by atoms with Crippen molar-refractivity contribution in [2.75, 3.05) is 13.2 Å². The maximum absolute atomic E-state index is 14.1. The minimum atomic E-state index is -3.58. The third kappa shape index (κ3) is 9.16. The Morgan fingerprint density at radius 2 is 0.963 bits per heavy atom. The van der Waals surface area contributed by atoms with Crippen molar-refractivity contribution in [2.45, 2.75) is 78.3 Å². The predicted molar refractivity (Wildman–Crippen MR) is 180 cm³/mol. The summed E-state index contributed by atoms with van der Waals surface area (Å²) in [5.41, 5.74) is 2.19. The molecule has 0 saturated carbocycles. The van der Waals surface area contributed by atoms with Crippen molar-refractivity contribution >= 4 is 11.3 Å². The van der Waals surface area contributed by atoms with E-state index in [1.54, 1.807) is 38.1 Å². The first-order valence-corrected chi connectivity index (χ1v) is 16.6. The van der Waals surface area contributed by atoms with Gasteiger partial charge in [0.1, 0.15) is 24.6 Å². The van der Waals surface area contributed by atoms with E-state index >= 15 is 0 Å². The van der Waals surface area contributed by atoms with Gasteiger partial charge in [0, 0.05) is 48.0 Å². The van der Waals surface area contributed by atoms with Crippen molar-refractivity contribution in [1.82, 2.24) is 49.1 Å². The lowest BCUT2D eigenvalue weighted by Crippen LogP contribution is -2.22. The van der Waals surface area contributed by atoms with Crippen LogP contribution in [0.15, 0.2) is 61.4 Å². The molecule has 0 amide bonds. The van der Waals surface area contributed by atoms with Crippen LogP contribution in [-0.2, 0) is 21.7 Å². The largest absolute Gasteiger partial charge is 0.472 e. The van der Waals surface area contributed by atoms with Crippen LogP contribution in [0.3, 0.4) is 0 Å². The van der Waals surface area contributed by atoms with Crippen LogP contribution in [0, 0.1) is 0 Å². The summed E-state index contributed by atoms with van der Waals surface area (Å²) in [6, 6.07) is 6.41. The fraction of sp³-hybridized carbons (Fsp3) is 0.412. The fourth-order valence-corrected chi connectivity index (χ4v) is 4.56. The van der Waals surface area contributed by atoms with E-state index in [-0.39, 0.29) is 36.3 Å². The maximum atomic E-state index is 14.1. The third-order valence-electron chi connectivity index (χ3n) is 7.73. The van der Waals surface area contributed by atoms with E-state index in [0.29, 0.717) is 22.5 Å². The molecule has 2 unspecified atom stereocenters. The van der Waals surface area contributed by atoms with Gasteiger partial charge in [0.25, 0.3) is 0 Å². The van der Waals surface area contributed by atoms with E-state index < -0.39 is 48.4 Å². The number of pyridine rings is 2. The first-order chi connectivity index (χ1) is 25.6. The fourth-order valence-electron chi connectivity index (χ4n) is 4.56. The van der Waals surface area contributed by atoms with Crippen LogP contribution in [0.1, 0.15) is 53.2 Å². The van der Waals surface area contributed by atoms with Crippen molar-refractivity contribution in [1.29, 1.82) is 0 Å². The van der Waals surface area contributed by atoms with Gasteiger partial charge in [-0.05, 0) is 53.7 Å². The number of hydrogen-bond acceptors (Lipinski definition) is 12. The first-order valence-electron chi connectivity index (χ1n) is 16.6. The highest BCUT2D eigenvalue weighted by Crippen LogP contribution is 2.30. The summed E-state index contributed by atoms with van der Waals surface area (Å²) in [7, 11) is 0. The van der Waals surface area contributed by atoms with Crippen LogP contribution < -0.4 is 9.47 Å². The van der Waals surface area contributed by atoms with Crippen molar-refractivity contribution in [3.63, 3.8) is 0 Å². The molecule has 6 aromatic rings. The molecular weight excluding hydrogens is 726 g/mol. The van der Waals surface area contributed by atoms with Gasteiger partial charge in [-0.25, -0.2) is 18.7 Å². The molecule has 288 valence electrons. The zero-order valence-electron chi connectivity index (χ0n) is 29.9. The predicted octanol–water partition coefficient (Wildman–Crippen LogP) is 6.79. The molecule has 0 bridgehead atoms. The van der Waals surface area contributed by atoms with Gasteiger partial charge in [-0.2, -0.15) is 17.6 Å². The molecule has 0 saturated heterocycles. The molecule has 6 rings (SSSR count). The molecule has 0 aromatic carbocycles. The van der Waals surface area contributed by atoms with Crippen LogP contribution in [0.2, 0.25) is 0 Å². The summed E-state index contributed by atoms with van der Waals surface area (Å²) in [6.45, 7) is 8.56. The molecule has 0 aliphatic rings. The third-order valence-corrected chi connectivity index (χ3v) is 7.73. The topological polar surface area (TPSA) is 149 Å². The molecule has 54 heavy (non-hydrogen) atoms. The van der Waals surface area contributed by atoms with Crippen LogP contribution in [0.4, 0.5) is 26.3 Å². The molecule has 0 spiro atoms. The summed E-state index contributed by atoms with van der Waals surface area (Å²) in [4.78, 5) is 16.6. The normalized spacial score (nSPS) is 14.3. The Hall–Kier alpha value is -5.50. The highest BCUT2D eigenvalue weighted by atomic mass is 19.3. The Kier molecular flexibility index (Phi) is 12.3. The summed E-state index contributed by atoms with van der Waals surface area (Å²) in [5, 5.41) is 14.4. The quantitative estimate of drug-likeness (QED) is 0.108. The second-order valence-electron chi connectivity index (χ2n) is 11.7. The number of aromatic nitrogens is 10. The number of rotatable bonds is 14. The van der Waals surface area contributed by atoms with Crippen LogP contribution in [-0.4, -0.2) is 86.9 Å². The van der Waals surface area contributed by atoms with Gasteiger partial charge in [0.15, 0.2) is 11.3 Å². The van der Waals surface area contributed by atoms with Crippen molar-refractivity contribution in [3.05, 3.63) is 73.1 Å². The monoisotopic (exact) mass is 762 g/mol. The van der Waals surface area contributed by atoms with Gasteiger partial charge in [-0.15, -0.1) is 20.4 Å². The molecular formula is C34H36F6N10O4. The molecule has 20 heteroatoms. The lowest BCUT2D eigenvalue weighted by molar-refractivity contribution is -0.252. The van der Waals surface area contributed by atoms with E-state index in [0.717, 1.165) is 8.80 Å². The molecule has 0 N–H and O–H groups in total. The van der Waals surface area contributed by atoms with Crippen LogP contribution in [0.5, 0.6) is 11.8 Å². The summed E-state index contributed by atoms with van der Waals surface area (Å²) < 4.78 is 105. The van der Waals surface area contributed by atoms with Gasteiger partial charge in [-0.3, -0.25) is 18.8 Å². The average Bonchev–Trinajstić information content (AvgIpc) is 3.77. The zero-order valence-corrected chi connectivity index (χ0v) is 29.9. The molecule has 6 aromatic heterocycles. The van der Waals surface area contributed by atoms with E-state index in [1.807, 2.05) is 0 Å². The lowest BCUT2D eigenvalue weighted by Gasteiger charge is -2.15. The summed E-state index contributed by atoms with van der Waals surface area (Å²) >= 11 is 0. The van der Waals surface area contributed by atoms with Crippen LogP contribution in [0.25, 0.3) is 33.8 Å². The average molecular weight is 763 g/mol.